The average Bonchev–Trinajstić information content (AvgIpc) is 3.18. The topological polar surface area (TPSA) is 37.2 Å². The molecule has 0 aliphatic carbocycles. The summed E-state index contributed by atoms with van der Waals surface area (Å²) >= 11 is 0. The summed E-state index contributed by atoms with van der Waals surface area (Å²) in [6.45, 7) is 2.91. The van der Waals surface area contributed by atoms with Crippen LogP contribution in [0.1, 0.15) is 5.56 Å². The molecule has 4 aromatic rings. The quantitative estimate of drug-likeness (QED) is 0.453. The van der Waals surface area contributed by atoms with Crippen LogP contribution in [0.25, 0.3) is 22.2 Å². The van der Waals surface area contributed by atoms with Crippen LogP contribution in [0.5, 0.6) is 0 Å². The summed E-state index contributed by atoms with van der Waals surface area (Å²) in [6, 6.07) is 12.1. The summed E-state index contributed by atoms with van der Waals surface area (Å²) in [4.78, 5) is 12.9. The van der Waals surface area contributed by atoms with Gasteiger partial charge >= 0.3 is 6.18 Å². The molecule has 0 saturated carbocycles. The lowest BCUT2D eigenvalue weighted by Crippen LogP contribution is -2.46. The average molecular weight is 437 g/mol. The van der Waals surface area contributed by atoms with E-state index >= 15 is 0 Å². The molecular formula is C24H22F3N5. The third kappa shape index (κ3) is 3.66. The van der Waals surface area contributed by atoms with Gasteiger partial charge in [-0.05, 0) is 42.5 Å². The number of anilines is 2. The number of alkyl halides is 3. The zero-order valence-corrected chi connectivity index (χ0v) is 17.5. The standard InChI is InChI=1S/C24H22F3N5/c1-30-10-6-17-15-20(24(25,26)27)19(16-22(17)30)23-21(3-2-7-29-23)32-13-11-31(12-14-32)18-4-8-28-9-5-18/h2-10,15-16H,11-14H2,1H3. The Morgan fingerprint density at radius 2 is 1.59 bits per heavy atom. The van der Waals surface area contributed by atoms with Gasteiger partial charge in [0.05, 0.1) is 16.9 Å². The van der Waals surface area contributed by atoms with E-state index in [2.05, 4.69) is 19.8 Å². The highest BCUT2D eigenvalue weighted by atomic mass is 19.4. The zero-order valence-electron chi connectivity index (χ0n) is 17.5. The van der Waals surface area contributed by atoms with Gasteiger partial charge < -0.3 is 14.4 Å². The number of halogens is 3. The van der Waals surface area contributed by atoms with Crippen LogP contribution in [0.15, 0.2) is 67.3 Å². The Kier molecular flexibility index (Phi) is 5.00. The van der Waals surface area contributed by atoms with E-state index in [4.69, 9.17) is 0 Å². The number of fused-ring (bicyclic) bond motifs is 1. The van der Waals surface area contributed by atoms with E-state index in [1.165, 1.54) is 6.07 Å². The molecule has 164 valence electrons. The van der Waals surface area contributed by atoms with Crippen LogP contribution < -0.4 is 9.80 Å². The van der Waals surface area contributed by atoms with Crippen LogP contribution >= 0.6 is 0 Å². The predicted molar refractivity (Wildman–Crippen MR) is 120 cm³/mol. The van der Waals surface area contributed by atoms with Gasteiger partial charge in [-0.1, -0.05) is 0 Å². The summed E-state index contributed by atoms with van der Waals surface area (Å²) in [5.74, 6) is 0. The van der Waals surface area contributed by atoms with Gasteiger partial charge in [0.25, 0.3) is 0 Å². The fourth-order valence-electron chi connectivity index (χ4n) is 4.37. The molecule has 1 aliphatic heterocycles. The third-order valence-electron chi connectivity index (χ3n) is 6.02. The molecular weight excluding hydrogens is 415 g/mol. The molecule has 8 heteroatoms. The third-order valence-corrected chi connectivity index (χ3v) is 6.02. The van der Waals surface area contributed by atoms with E-state index in [1.807, 2.05) is 29.8 Å². The minimum Gasteiger partial charge on any atom is -0.368 e. The van der Waals surface area contributed by atoms with E-state index in [9.17, 15) is 13.2 Å². The Balaban J connectivity index is 1.53. The van der Waals surface area contributed by atoms with E-state index in [-0.39, 0.29) is 5.56 Å². The van der Waals surface area contributed by atoms with Crippen molar-refractivity contribution < 1.29 is 13.2 Å². The Hall–Kier alpha value is -3.55. The first-order chi connectivity index (χ1) is 15.4. The maximum Gasteiger partial charge on any atom is 0.417 e. The van der Waals surface area contributed by atoms with Gasteiger partial charge in [0.2, 0.25) is 0 Å². The number of pyridine rings is 2. The van der Waals surface area contributed by atoms with Crippen LogP contribution in [0.2, 0.25) is 0 Å². The molecule has 0 bridgehead atoms. The second-order valence-corrected chi connectivity index (χ2v) is 7.93. The summed E-state index contributed by atoms with van der Waals surface area (Å²) in [7, 11) is 1.83. The highest BCUT2D eigenvalue weighted by Gasteiger charge is 2.35. The first-order valence-electron chi connectivity index (χ1n) is 10.4. The molecule has 1 aromatic carbocycles. The summed E-state index contributed by atoms with van der Waals surface area (Å²) in [5, 5.41) is 0.562. The van der Waals surface area contributed by atoms with E-state index in [1.54, 1.807) is 43.0 Å². The molecule has 1 aliphatic rings. The monoisotopic (exact) mass is 437 g/mol. The van der Waals surface area contributed by atoms with Gasteiger partial charge in [-0.15, -0.1) is 0 Å². The molecule has 1 fully saturated rings. The van der Waals surface area contributed by atoms with E-state index < -0.39 is 11.7 Å². The number of piperazine rings is 1. The fourth-order valence-corrected chi connectivity index (χ4v) is 4.37. The molecule has 0 atom stereocenters. The Labute approximate surface area is 183 Å². The van der Waals surface area contributed by atoms with Crippen molar-refractivity contribution in [1.29, 1.82) is 0 Å². The van der Waals surface area contributed by atoms with Crippen molar-refractivity contribution in [2.75, 3.05) is 36.0 Å². The van der Waals surface area contributed by atoms with Gasteiger partial charge in [-0.25, -0.2) is 0 Å². The van der Waals surface area contributed by atoms with Crippen LogP contribution in [-0.2, 0) is 13.2 Å². The van der Waals surface area contributed by atoms with Gasteiger partial charge in [0.1, 0.15) is 0 Å². The highest BCUT2D eigenvalue weighted by molar-refractivity contribution is 5.90. The van der Waals surface area contributed by atoms with Crippen LogP contribution in [0.4, 0.5) is 24.5 Å². The van der Waals surface area contributed by atoms with Crippen molar-refractivity contribution >= 4 is 22.3 Å². The summed E-state index contributed by atoms with van der Waals surface area (Å²) < 4.78 is 43.9. The smallest absolute Gasteiger partial charge is 0.368 e. The Morgan fingerprint density at radius 3 is 2.31 bits per heavy atom. The van der Waals surface area contributed by atoms with Crippen LogP contribution in [-0.4, -0.2) is 40.7 Å². The molecule has 1 saturated heterocycles. The molecule has 0 spiro atoms. The second-order valence-electron chi connectivity index (χ2n) is 7.93. The Bertz CT molecular complexity index is 1240. The molecule has 5 nitrogen and oxygen atoms in total. The van der Waals surface area contributed by atoms with Gasteiger partial charge in [0.15, 0.2) is 0 Å². The van der Waals surface area contributed by atoms with Crippen molar-refractivity contribution in [2.45, 2.75) is 6.18 Å². The van der Waals surface area contributed by atoms with Gasteiger partial charge in [-0.2, -0.15) is 13.2 Å². The molecule has 32 heavy (non-hydrogen) atoms. The number of aryl methyl sites for hydroxylation is 1. The lowest BCUT2D eigenvalue weighted by molar-refractivity contribution is -0.137. The fraction of sp³-hybridized carbons (Fsp3) is 0.250. The van der Waals surface area contributed by atoms with Crippen molar-refractivity contribution in [2.24, 2.45) is 7.05 Å². The second kappa shape index (κ2) is 7.85. The first kappa shape index (κ1) is 20.4. The summed E-state index contributed by atoms with van der Waals surface area (Å²) in [5.41, 5.74) is 2.37. The number of hydrogen-bond acceptors (Lipinski definition) is 4. The van der Waals surface area contributed by atoms with Crippen molar-refractivity contribution in [1.82, 2.24) is 14.5 Å². The normalized spacial score (nSPS) is 14.9. The molecule has 0 radical (unpaired) electrons. The SMILES string of the molecule is Cn1ccc2cc(C(F)(F)F)c(-c3ncccc3N3CCN(c4ccncc4)CC3)cc21. The lowest BCUT2D eigenvalue weighted by Gasteiger charge is -2.38. The molecule has 0 amide bonds. The number of hydrogen-bond donors (Lipinski definition) is 0. The predicted octanol–water partition coefficient (Wildman–Crippen LogP) is 4.98. The minimum absolute atomic E-state index is 0.110. The number of nitrogens with zero attached hydrogens (tertiary/aromatic N) is 5. The van der Waals surface area contributed by atoms with Crippen molar-refractivity contribution in [3.8, 4) is 11.3 Å². The largest absolute Gasteiger partial charge is 0.417 e. The highest BCUT2D eigenvalue weighted by Crippen LogP contribution is 2.42. The number of aromatic nitrogens is 3. The van der Waals surface area contributed by atoms with Crippen LogP contribution in [0, 0.1) is 0 Å². The van der Waals surface area contributed by atoms with Crippen molar-refractivity contribution in [3.05, 3.63) is 72.8 Å². The lowest BCUT2D eigenvalue weighted by atomic mass is 9.99. The zero-order chi connectivity index (χ0) is 22.3. The van der Waals surface area contributed by atoms with Gasteiger partial charge in [0, 0.05) is 80.2 Å². The summed E-state index contributed by atoms with van der Waals surface area (Å²) in [6.07, 6.45) is 2.38. The minimum atomic E-state index is -4.48. The maximum absolute atomic E-state index is 14.0. The molecule has 0 unspecified atom stereocenters. The molecule has 0 N–H and O–H groups in total. The van der Waals surface area contributed by atoms with E-state index in [0.29, 0.717) is 24.2 Å². The first-order valence-corrected chi connectivity index (χ1v) is 10.4. The van der Waals surface area contributed by atoms with E-state index in [0.717, 1.165) is 30.0 Å². The molecule has 5 rings (SSSR count). The maximum atomic E-state index is 14.0. The number of rotatable bonds is 3. The van der Waals surface area contributed by atoms with Crippen LogP contribution in [0.3, 0.4) is 0 Å². The molecule has 4 heterocycles. The van der Waals surface area contributed by atoms with Crippen molar-refractivity contribution in [3.63, 3.8) is 0 Å². The molecule has 3 aromatic heterocycles. The van der Waals surface area contributed by atoms with Gasteiger partial charge in [-0.3, -0.25) is 9.97 Å². The number of benzene rings is 1. The Morgan fingerprint density at radius 1 is 0.875 bits per heavy atom.